The Balaban J connectivity index is 1.54. The van der Waals surface area contributed by atoms with Gasteiger partial charge in [-0.25, -0.2) is 4.98 Å². The fourth-order valence-corrected chi connectivity index (χ4v) is 2.86. The Kier molecular flexibility index (Phi) is 4.94. The van der Waals surface area contributed by atoms with E-state index < -0.39 is 0 Å². The van der Waals surface area contributed by atoms with Crippen molar-refractivity contribution in [2.75, 3.05) is 18.2 Å². The van der Waals surface area contributed by atoms with Crippen molar-refractivity contribution in [2.45, 2.75) is 0 Å². The van der Waals surface area contributed by atoms with Gasteiger partial charge in [-0.15, -0.1) is 0 Å². The van der Waals surface area contributed by atoms with Gasteiger partial charge in [0.15, 0.2) is 0 Å². The van der Waals surface area contributed by atoms with Gasteiger partial charge in [-0.3, -0.25) is 9.78 Å². The molecule has 2 aromatic heterocycles. The van der Waals surface area contributed by atoms with Gasteiger partial charge in [0, 0.05) is 29.4 Å². The maximum absolute atomic E-state index is 12.3. The molecule has 0 aliphatic carbocycles. The number of hydrogen-bond donors (Lipinski definition) is 2. The molecule has 0 aliphatic rings. The first kappa shape index (κ1) is 18.2. The Bertz CT molecular complexity index is 1160. The predicted octanol–water partition coefficient (Wildman–Crippen LogP) is 4.27. The van der Waals surface area contributed by atoms with Gasteiger partial charge in [-0.05, 0) is 48.5 Å². The first-order valence-corrected chi connectivity index (χ1v) is 8.86. The molecular formula is C22H18N4O3. The molecule has 7 heteroatoms. The molecule has 0 saturated carbocycles. The third kappa shape index (κ3) is 3.93. The summed E-state index contributed by atoms with van der Waals surface area (Å²) in [6.45, 7) is 0. The van der Waals surface area contributed by atoms with Crippen LogP contribution in [0.25, 0.3) is 10.9 Å². The summed E-state index contributed by atoms with van der Waals surface area (Å²) in [4.78, 5) is 20.8. The van der Waals surface area contributed by atoms with Crippen molar-refractivity contribution in [2.24, 2.45) is 0 Å². The van der Waals surface area contributed by atoms with Crippen molar-refractivity contribution in [3.63, 3.8) is 0 Å². The van der Waals surface area contributed by atoms with E-state index in [1.807, 2.05) is 0 Å². The first-order chi connectivity index (χ1) is 14.1. The van der Waals surface area contributed by atoms with Gasteiger partial charge in [0.1, 0.15) is 23.1 Å². The smallest absolute Gasteiger partial charge is 0.256 e. The lowest BCUT2D eigenvalue weighted by atomic mass is 10.1. The molecular weight excluding hydrogens is 368 g/mol. The number of benzene rings is 2. The maximum atomic E-state index is 12.3. The van der Waals surface area contributed by atoms with E-state index in [1.165, 1.54) is 0 Å². The highest BCUT2D eigenvalue weighted by Gasteiger charge is 2.10. The molecule has 29 heavy (non-hydrogen) atoms. The minimum Gasteiger partial charge on any atom is -0.495 e. The van der Waals surface area contributed by atoms with Crippen molar-refractivity contribution in [3.8, 4) is 17.2 Å². The average Bonchev–Trinajstić information content (AvgIpc) is 2.75. The monoisotopic (exact) mass is 386 g/mol. The van der Waals surface area contributed by atoms with E-state index in [-0.39, 0.29) is 5.91 Å². The van der Waals surface area contributed by atoms with Crippen LogP contribution in [0.2, 0.25) is 0 Å². The molecule has 1 amide bonds. The van der Waals surface area contributed by atoms with Crippen molar-refractivity contribution in [3.05, 3.63) is 78.6 Å². The van der Waals surface area contributed by atoms with E-state index >= 15 is 0 Å². The Morgan fingerprint density at radius 2 is 1.79 bits per heavy atom. The van der Waals surface area contributed by atoms with Gasteiger partial charge in [0.05, 0.1) is 18.3 Å². The molecule has 3 N–H and O–H groups in total. The summed E-state index contributed by atoms with van der Waals surface area (Å²) in [5, 5.41) is 3.51. The molecule has 0 unspecified atom stereocenters. The van der Waals surface area contributed by atoms with E-state index in [1.54, 1.807) is 80.2 Å². The van der Waals surface area contributed by atoms with Crippen LogP contribution < -0.4 is 20.5 Å². The highest BCUT2D eigenvalue weighted by atomic mass is 16.5. The van der Waals surface area contributed by atoms with Crippen LogP contribution >= 0.6 is 0 Å². The number of nitrogen functional groups attached to an aromatic ring is 1. The summed E-state index contributed by atoms with van der Waals surface area (Å²) in [5.41, 5.74) is 7.72. The van der Waals surface area contributed by atoms with Gasteiger partial charge in [-0.2, -0.15) is 0 Å². The molecule has 0 spiro atoms. The number of hydrogen-bond acceptors (Lipinski definition) is 6. The second kappa shape index (κ2) is 7.85. The Labute approximate surface area is 167 Å². The lowest BCUT2D eigenvalue weighted by molar-refractivity contribution is 0.102. The van der Waals surface area contributed by atoms with Crippen molar-refractivity contribution in [1.29, 1.82) is 0 Å². The van der Waals surface area contributed by atoms with Gasteiger partial charge in [-0.1, -0.05) is 6.07 Å². The molecule has 0 radical (unpaired) electrons. The summed E-state index contributed by atoms with van der Waals surface area (Å²) < 4.78 is 11.2. The van der Waals surface area contributed by atoms with Gasteiger partial charge in [0.25, 0.3) is 5.91 Å². The number of pyridine rings is 2. The molecule has 2 aromatic carbocycles. The number of methoxy groups -OCH3 is 1. The molecule has 0 bridgehead atoms. The maximum Gasteiger partial charge on any atom is 0.256 e. The number of rotatable bonds is 5. The van der Waals surface area contributed by atoms with Gasteiger partial charge >= 0.3 is 0 Å². The van der Waals surface area contributed by atoms with Crippen molar-refractivity contribution >= 4 is 28.3 Å². The lowest BCUT2D eigenvalue weighted by Gasteiger charge is -2.11. The normalized spacial score (nSPS) is 10.5. The number of anilines is 2. The minimum atomic E-state index is -0.246. The predicted molar refractivity (Wildman–Crippen MR) is 111 cm³/mol. The van der Waals surface area contributed by atoms with Gasteiger partial charge < -0.3 is 20.5 Å². The molecule has 2 heterocycles. The quantitative estimate of drug-likeness (QED) is 0.497. The zero-order valence-electron chi connectivity index (χ0n) is 15.6. The number of carbonyl (C=O) groups excluding carboxylic acids is 1. The van der Waals surface area contributed by atoms with E-state index in [9.17, 15) is 4.79 Å². The summed E-state index contributed by atoms with van der Waals surface area (Å²) in [7, 11) is 1.56. The second-order valence-electron chi connectivity index (χ2n) is 6.22. The molecule has 0 atom stereocenters. The van der Waals surface area contributed by atoms with Crippen LogP contribution in [-0.4, -0.2) is 23.0 Å². The lowest BCUT2D eigenvalue weighted by Crippen LogP contribution is -2.12. The van der Waals surface area contributed by atoms with E-state index in [0.717, 1.165) is 5.39 Å². The first-order valence-electron chi connectivity index (χ1n) is 8.86. The summed E-state index contributed by atoms with van der Waals surface area (Å²) in [6.07, 6.45) is 3.27. The number of nitrogens with one attached hydrogen (secondary N) is 1. The zero-order chi connectivity index (χ0) is 20.2. The minimum absolute atomic E-state index is 0.246. The number of nitrogens with zero attached hydrogens (tertiary/aromatic N) is 2. The summed E-state index contributed by atoms with van der Waals surface area (Å²) in [5.74, 6) is 2.00. The second-order valence-corrected chi connectivity index (χ2v) is 6.22. The molecule has 0 fully saturated rings. The number of aromatic nitrogens is 2. The molecule has 4 aromatic rings. The molecule has 144 valence electrons. The zero-order valence-corrected chi connectivity index (χ0v) is 15.6. The summed E-state index contributed by atoms with van der Waals surface area (Å²) in [6, 6.07) is 17.4. The van der Waals surface area contributed by atoms with Crippen LogP contribution in [0.3, 0.4) is 0 Å². The van der Waals surface area contributed by atoms with E-state index in [2.05, 4.69) is 15.3 Å². The Morgan fingerprint density at radius 3 is 2.52 bits per heavy atom. The number of amides is 1. The third-order valence-electron chi connectivity index (χ3n) is 4.30. The van der Waals surface area contributed by atoms with Crippen LogP contribution in [0.5, 0.6) is 17.2 Å². The standard InChI is InChI=1S/C22H18N4O3/c1-28-20-13-18-16(12-17(20)23)19(9-11-24-18)29-15-7-5-14(6-8-15)22(27)26-21-4-2-3-10-25-21/h2-13H,23H2,1H3,(H,25,26,27). The topological polar surface area (TPSA) is 99.4 Å². The number of nitrogens with two attached hydrogens (primary N) is 1. The van der Waals surface area contributed by atoms with Crippen molar-refractivity contribution < 1.29 is 14.3 Å². The molecule has 7 nitrogen and oxygen atoms in total. The molecule has 0 aliphatic heterocycles. The van der Waals surface area contributed by atoms with Crippen LogP contribution in [0.1, 0.15) is 10.4 Å². The number of fused-ring (bicyclic) bond motifs is 1. The highest BCUT2D eigenvalue weighted by molar-refractivity contribution is 6.03. The fourth-order valence-electron chi connectivity index (χ4n) is 2.86. The van der Waals surface area contributed by atoms with Crippen LogP contribution in [0, 0.1) is 0 Å². The Morgan fingerprint density at radius 1 is 0.966 bits per heavy atom. The fraction of sp³-hybridized carbons (Fsp3) is 0.0455. The Hall–Kier alpha value is -4.13. The third-order valence-corrected chi connectivity index (χ3v) is 4.30. The largest absolute Gasteiger partial charge is 0.495 e. The van der Waals surface area contributed by atoms with Crippen LogP contribution in [-0.2, 0) is 0 Å². The summed E-state index contributed by atoms with van der Waals surface area (Å²) >= 11 is 0. The number of ether oxygens (including phenoxy) is 2. The average molecular weight is 386 g/mol. The van der Waals surface area contributed by atoms with Crippen molar-refractivity contribution in [1.82, 2.24) is 9.97 Å². The van der Waals surface area contributed by atoms with E-state index in [0.29, 0.717) is 39.8 Å². The van der Waals surface area contributed by atoms with E-state index in [4.69, 9.17) is 15.2 Å². The molecule has 0 saturated heterocycles. The van der Waals surface area contributed by atoms with Crippen LogP contribution in [0.4, 0.5) is 11.5 Å². The van der Waals surface area contributed by atoms with Crippen LogP contribution in [0.15, 0.2) is 73.1 Å². The number of carbonyl (C=O) groups is 1. The highest BCUT2D eigenvalue weighted by Crippen LogP contribution is 2.34. The van der Waals surface area contributed by atoms with Gasteiger partial charge in [0.2, 0.25) is 0 Å². The molecule has 4 rings (SSSR count). The SMILES string of the molecule is COc1cc2nccc(Oc3ccc(C(=O)Nc4ccccn4)cc3)c2cc1N.